The molecule has 1 aliphatic carbocycles. The molecule has 1 aromatic carbocycles. The fraction of sp³-hybridized carbons (Fsp3) is 0.316. The molecule has 1 aliphatic rings. The number of furan rings is 1. The minimum Gasteiger partial charge on any atom is -0.469 e. The second kappa shape index (κ2) is 7.64. The van der Waals surface area contributed by atoms with E-state index in [9.17, 15) is 9.90 Å². The SMILES string of the molecule is O=C(NC1CCC(O)(C#Cc2cccc(Cl)c2)CC1)Oc1ccoc1. The molecule has 0 aliphatic heterocycles. The lowest BCUT2D eigenvalue weighted by Crippen LogP contribution is -2.43. The van der Waals surface area contributed by atoms with Gasteiger partial charge in [0.25, 0.3) is 0 Å². The van der Waals surface area contributed by atoms with Crippen LogP contribution in [0.15, 0.2) is 47.3 Å². The highest BCUT2D eigenvalue weighted by atomic mass is 35.5. The van der Waals surface area contributed by atoms with Crippen molar-refractivity contribution in [2.24, 2.45) is 0 Å². The van der Waals surface area contributed by atoms with Gasteiger partial charge in [-0.1, -0.05) is 29.5 Å². The van der Waals surface area contributed by atoms with Gasteiger partial charge in [-0.2, -0.15) is 0 Å². The zero-order valence-corrected chi connectivity index (χ0v) is 14.3. The molecule has 0 unspecified atom stereocenters. The van der Waals surface area contributed by atoms with Crippen molar-refractivity contribution in [1.29, 1.82) is 0 Å². The minimum atomic E-state index is -1.05. The van der Waals surface area contributed by atoms with Crippen molar-refractivity contribution in [2.75, 3.05) is 0 Å². The molecular weight excluding hydrogens is 342 g/mol. The maximum Gasteiger partial charge on any atom is 0.412 e. The summed E-state index contributed by atoms with van der Waals surface area (Å²) in [5.41, 5.74) is -0.278. The van der Waals surface area contributed by atoms with Crippen LogP contribution in [0, 0.1) is 11.8 Å². The molecule has 2 aromatic rings. The maximum atomic E-state index is 11.8. The lowest BCUT2D eigenvalue weighted by molar-refractivity contribution is 0.0511. The Kier molecular flexibility index (Phi) is 5.32. The van der Waals surface area contributed by atoms with Crippen molar-refractivity contribution < 1.29 is 19.1 Å². The minimum absolute atomic E-state index is 0.0485. The molecule has 1 fully saturated rings. The van der Waals surface area contributed by atoms with E-state index < -0.39 is 11.7 Å². The first-order chi connectivity index (χ1) is 12.0. The molecule has 0 spiro atoms. The molecule has 0 saturated heterocycles. The number of carbonyl (C=O) groups excluding carboxylic acids is 1. The average molecular weight is 360 g/mol. The van der Waals surface area contributed by atoms with Crippen LogP contribution in [-0.4, -0.2) is 22.8 Å². The zero-order valence-electron chi connectivity index (χ0n) is 13.5. The Morgan fingerprint density at radius 1 is 1.36 bits per heavy atom. The molecule has 0 radical (unpaired) electrons. The lowest BCUT2D eigenvalue weighted by Gasteiger charge is -2.32. The van der Waals surface area contributed by atoms with Crippen molar-refractivity contribution in [3.05, 3.63) is 53.4 Å². The van der Waals surface area contributed by atoms with Gasteiger partial charge in [-0.25, -0.2) is 4.79 Å². The summed E-state index contributed by atoms with van der Waals surface area (Å²) in [5, 5.41) is 14.0. The van der Waals surface area contributed by atoms with Crippen LogP contribution in [0.2, 0.25) is 5.02 Å². The van der Waals surface area contributed by atoms with E-state index in [1.807, 2.05) is 12.1 Å². The van der Waals surface area contributed by atoms with Gasteiger partial charge in [0.05, 0.1) is 6.26 Å². The van der Waals surface area contributed by atoms with Crippen molar-refractivity contribution >= 4 is 17.7 Å². The number of halogens is 1. The van der Waals surface area contributed by atoms with Crippen LogP contribution in [0.4, 0.5) is 4.79 Å². The summed E-state index contributed by atoms with van der Waals surface area (Å²) in [7, 11) is 0. The summed E-state index contributed by atoms with van der Waals surface area (Å²) in [6.45, 7) is 0. The maximum absolute atomic E-state index is 11.8. The molecule has 0 bridgehead atoms. The van der Waals surface area contributed by atoms with Crippen LogP contribution in [0.3, 0.4) is 0 Å². The van der Waals surface area contributed by atoms with E-state index in [0.29, 0.717) is 36.5 Å². The smallest absolute Gasteiger partial charge is 0.412 e. The summed E-state index contributed by atoms with van der Waals surface area (Å²) < 4.78 is 9.92. The molecule has 1 aromatic heterocycles. The molecule has 5 nitrogen and oxygen atoms in total. The first kappa shape index (κ1) is 17.4. The van der Waals surface area contributed by atoms with E-state index in [1.54, 1.807) is 18.2 Å². The Balaban J connectivity index is 1.51. The Morgan fingerprint density at radius 2 is 2.16 bits per heavy atom. The quantitative estimate of drug-likeness (QED) is 0.801. The van der Waals surface area contributed by atoms with Gasteiger partial charge in [-0.05, 0) is 43.9 Å². The van der Waals surface area contributed by atoms with Crippen molar-refractivity contribution in [3.63, 3.8) is 0 Å². The van der Waals surface area contributed by atoms with E-state index in [1.165, 1.54) is 12.5 Å². The van der Waals surface area contributed by atoms with Gasteiger partial charge in [-0.3, -0.25) is 0 Å². The highest BCUT2D eigenvalue weighted by Crippen LogP contribution is 2.28. The Hall–Kier alpha value is -2.42. The monoisotopic (exact) mass is 359 g/mol. The highest BCUT2D eigenvalue weighted by Gasteiger charge is 2.32. The normalized spacial score (nSPS) is 22.6. The van der Waals surface area contributed by atoms with Gasteiger partial charge in [-0.15, -0.1) is 0 Å². The number of nitrogens with one attached hydrogen (secondary N) is 1. The molecule has 0 atom stereocenters. The van der Waals surface area contributed by atoms with Gasteiger partial charge in [0.1, 0.15) is 11.9 Å². The molecular formula is C19H18ClNO4. The van der Waals surface area contributed by atoms with Crippen LogP contribution < -0.4 is 10.1 Å². The molecule has 2 N–H and O–H groups in total. The van der Waals surface area contributed by atoms with Crippen LogP contribution >= 0.6 is 11.6 Å². The molecule has 25 heavy (non-hydrogen) atoms. The number of benzene rings is 1. The van der Waals surface area contributed by atoms with Gasteiger partial charge in [0.2, 0.25) is 0 Å². The number of rotatable bonds is 2. The van der Waals surface area contributed by atoms with E-state index in [0.717, 1.165) is 5.56 Å². The first-order valence-electron chi connectivity index (χ1n) is 8.04. The number of aliphatic hydroxyl groups is 1. The van der Waals surface area contributed by atoms with E-state index in [-0.39, 0.29) is 6.04 Å². The second-order valence-electron chi connectivity index (χ2n) is 6.06. The topological polar surface area (TPSA) is 71.7 Å². The summed E-state index contributed by atoms with van der Waals surface area (Å²) >= 11 is 5.93. The third-order valence-corrected chi connectivity index (χ3v) is 4.34. The van der Waals surface area contributed by atoms with Crippen molar-refractivity contribution in [3.8, 4) is 17.6 Å². The number of hydrogen-bond donors (Lipinski definition) is 2. The lowest BCUT2D eigenvalue weighted by atomic mass is 9.82. The standard InChI is InChI=1S/C19H18ClNO4/c20-15-3-1-2-14(12-15)4-8-19(23)9-5-16(6-10-19)21-18(22)25-17-7-11-24-13-17/h1-3,7,11-13,16,23H,5-6,9-10H2,(H,21,22). The average Bonchev–Trinajstić information content (AvgIpc) is 3.08. The molecule has 1 heterocycles. The van der Waals surface area contributed by atoms with Crippen LogP contribution in [0.25, 0.3) is 0 Å². The molecule has 3 rings (SSSR count). The Bertz CT molecular complexity index is 783. The number of ether oxygens (including phenoxy) is 1. The summed E-state index contributed by atoms with van der Waals surface area (Å²) in [6.07, 6.45) is 4.48. The summed E-state index contributed by atoms with van der Waals surface area (Å²) in [6, 6.07) is 8.72. The Labute approximate surface area is 150 Å². The predicted molar refractivity (Wildman–Crippen MR) is 93.4 cm³/mol. The fourth-order valence-electron chi connectivity index (χ4n) is 2.73. The van der Waals surface area contributed by atoms with Gasteiger partial charge in [0, 0.05) is 22.7 Å². The van der Waals surface area contributed by atoms with Crippen molar-refractivity contribution in [1.82, 2.24) is 5.32 Å². The first-order valence-corrected chi connectivity index (χ1v) is 8.42. The third kappa shape index (κ3) is 5.02. The van der Waals surface area contributed by atoms with Crippen molar-refractivity contribution in [2.45, 2.75) is 37.3 Å². The summed E-state index contributed by atoms with van der Waals surface area (Å²) in [4.78, 5) is 11.8. The number of hydrogen-bond acceptors (Lipinski definition) is 4. The second-order valence-corrected chi connectivity index (χ2v) is 6.50. The van der Waals surface area contributed by atoms with Crippen LogP contribution in [0.5, 0.6) is 5.75 Å². The van der Waals surface area contributed by atoms with Gasteiger partial charge >= 0.3 is 6.09 Å². The van der Waals surface area contributed by atoms with Gasteiger partial charge < -0.3 is 19.6 Å². The zero-order chi connectivity index (χ0) is 17.7. The molecule has 1 saturated carbocycles. The molecule has 6 heteroatoms. The Morgan fingerprint density at radius 3 is 2.84 bits per heavy atom. The van der Waals surface area contributed by atoms with E-state index in [4.69, 9.17) is 20.8 Å². The fourth-order valence-corrected chi connectivity index (χ4v) is 2.92. The third-order valence-electron chi connectivity index (χ3n) is 4.10. The number of carbonyl (C=O) groups is 1. The molecule has 1 amide bonds. The highest BCUT2D eigenvalue weighted by molar-refractivity contribution is 6.30. The van der Waals surface area contributed by atoms with Crippen LogP contribution in [0.1, 0.15) is 31.2 Å². The summed E-state index contributed by atoms with van der Waals surface area (Å²) in [5.74, 6) is 6.27. The molecule has 130 valence electrons. The largest absolute Gasteiger partial charge is 0.469 e. The van der Waals surface area contributed by atoms with E-state index >= 15 is 0 Å². The van der Waals surface area contributed by atoms with Gasteiger partial charge in [0.15, 0.2) is 5.75 Å². The number of amides is 1. The van der Waals surface area contributed by atoms with E-state index in [2.05, 4.69) is 17.2 Å². The van der Waals surface area contributed by atoms with Crippen LogP contribution in [-0.2, 0) is 0 Å². The predicted octanol–water partition coefficient (Wildman–Crippen LogP) is 3.75.